The normalized spacial score (nSPS) is 26.0. The molecular formula is C12H16O. The molecule has 0 bridgehead atoms. The van der Waals surface area contributed by atoms with Crippen LogP contribution in [0.1, 0.15) is 25.0 Å². The fourth-order valence-corrected chi connectivity index (χ4v) is 1.59. The van der Waals surface area contributed by atoms with Crippen LogP contribution < -0.4 is 0 Å². The van der Waals surface area contributed by atoms with Crippen molar-refractivity contribution in [2.75, 3.05) is 0 Å². The van der Waals surface area contributed by atoms with Gasteiger partial charge in [-0.3, -0.25) is 0 Å². The van der Waals surface area contributed by atoms with Gasteiger partial charge < -0.3 is 4.74 Å². The zero-order valence-corrected chi connectivity index (χ0v) is 8.29. The van der Waals surface area contributed by atoms with E-state index in [1.165, 1.54) is 11.1 Å². The largest absolute Gasteiger partial charge is 0.370 e. The summed E-state index contributed by atoms with van der Waals surface area (Å²) in [5.74, 6) is 0. The predicted molar refractivity (Wildman–Crippen MR) is 53.9 cm³/mol. The van der Waals surface area contributed by atoms with E-state index in [4.69, 9.17) is 4.74 Å². The Hall–Kier alpha value is -0.820. The molecule has 0 radical (unpaired) electrons. The van der Waals surface area contributed by atoms with Crippen molar-refractivity contribution in [3.63, 3.8) is 0 Å². The van der Waals surface area contributed by atoms with Crippen LogP contribution in [0.4, 0.5) is 0 Å². The fourth-order valence-electron chi connectivity index (χ4n) is 1.59. The summed E-state index contributed by atoms with van der Waals surface area (Å²) in [7, 11) is 0. The van der Waals surface area contributed by atoms with Gasteiger partial charge in [-0.15, -0.1) is 0 Å². The van der Waals surface area contributed by atoms with E-state index in [9.17, 15) is 0 Å². The predicted octanol–water partition coefficient (Wildman–Crippen LogP) is 2.58. The van der Waals surface area contributed by atoms with Crippen LogP contribution in [0, 0.1) is 0 Å². The minimum Gasteiger partial charge on any atom is -0.370 e. The van der Waals surface area contributed by atoms with Crippen LogP contribution in [0.25, 0.3) is 0 Å². The summed E-state index contributed by atoms with van der Waals surface area (Å²) in [6, 6.07) is 8.85. The van der Waals surface area contributed by atoms with Gasteiger partial charge in [0, 0.05) is 6.42 Å². The van der Waals surface area contributed by atoms with Gasteiger partial charge in [0.05, 0.1) is 12.2 Å². The first-order valence-electron chi connectivity index (χ1n) is 5.03. The molecule has 0 spiro atoms. The van der Waals surface area contributed by atoms with Gasteiger partial charge in [-0.2, -0.15) is 0 Å². The van der Waals surface area contributed by atoms with E-state index >= 15 is 0 Å². The van der Waals surface area contributed by atoms with Crippen LogP contribution in [0.2, 0.25) is 0 Å². The Bertz CT molecular complexity index is 276. The maximum Gasteiger partial charge on any atom is 0.0879 e. The lowest BCUT2D eigenvalue weighted by molar-refractivity contribution is 0.378. The molecule has 2 rings (SSSR count). The van der Waals surface area contributed by atoms with Crippen molar-refractivity contribution >= 4 is 0 Å². The molecule has 1 saturated heterocycles. The fraction of sp³-hybridized carbons (Fsp3) is 0.500. The molecule has 0 aromatic heterocycles. The van der Waals surface area contributed by atoms with E-state index in [0.717, 1.165) is 12.8 Å². The summed E-state index contributed by atoms with van der Waals surface area (Å²) in [6.45, 7) is 4.31. The monoisotopic (exact) mass is 176 g/mol. The molecule has 1 heterocycles. The summed E-state index contributed by atoms with van der Waals surface area (Å²) in [6.07, 6.45) is 3.15. The molecule has 2 atom stereocenters. The molecule has 1 aliphatic heterocycles. The van der Waals surface area contributed by atoms with E-state index in [1.807, 2.05) is 0 Å². The highest BCUT2D eigenvalue weighted by atomic mass is 16.6. The Morgan fingerprint density at radius 2 is 1.69 bits per heavy atom. The van der Waals surface area contributed by atoms with Gasteiger partial charge in [0.15, 0.2) is 0 Å². The Kier molecular flexibility index (Phi) is 2.36. The summed E-state index contributed by atoms with van der Waals surface area (Å²) < 4.78 is 5.38. The highest BCUT2D eigenvalue weighted by molar-refractivity contribution is 5.23. The zero-order valence-electron chi connectivity index (χ0n) is 8.29. The van der Waals surface area contributed by atoms with Gasteiger partial charge in [-0.05, 0) is 24.5 Å². The molecule has 1 aromatic rings. The smallest absolute Gasteiger partial charge is 0.0879 e. The average molecular weight is 176 g/mol. The molecule has 0 amide bonds. The van der Waals surface area contributed by atoms with Gasteiger partial charge in [0.25, 0.3) is 0 Å². The van der Waals surface area contributed by atoms with Crippen LogP contribution in [0.5, 0.6) is 0 Å². The van der Waals surface area contributed by atoms with Gasteiger partial charge in [-0.1, -0.05) is 31.2 Å². The summed E-state index contributed by atoms with van der Waals surface area (Å²) in [4.78, 5) is 0. The molecule has 1 nitrogen and oxygen atoms in total. The molecule has 1 heteroatoms. The number of benzene rings is 1. The highest BCUT2D eigenvalue weighted by Crippen LogP contribution is 2.25. The van der Waals surface area contributed by atoms with E-state index in [1.54, 1.807) is 0 Å². The lowest BCUT2D eigenvalue weighted by Crippen LogP contribution is -1.95. The van der Waals surface area contributed by atoms with Gasteiger partial charge >= 0.3 is 0 Å². The Morgan fingerprint density at radius 1 is 1.15 bits per heavy atom. The van der Waals surface area contributed by atoms with Crippen LogP contribution >= 0.6 is 0 Å². The SMILES string of the molecule is CCc1ccc(CC2OC2C)cc1. The molecule has 1 fully saturated rings. The lowest BCUT2D eigenvalue weighted by atomic mass is 10.1. The van der Waals surface area contributed by atoms with Crippen molar-refractivity contribution in [1.29, 1.82) is 0 Å². The number of hydrogen-bond donors (Lipinski definition) is 0. The molecule has 0 N–H and O–H groups in total. The zero-order chi connectivity index (χ0) is 9.26. The van der Waals surface area contributed by atoms with Crippen LogP contribution in [0.3, 0.4) is 0 Å². The maximum absolute atomic E-state index is 5.38. The third-order valence-electron chi connectivity index (χ3n) is 2.70. The third-order valence-corrected chi connectivity index (χ3v) is 2.70. The van der Waals surface area contributed by atoms with Crippen molar-refractivity contribution in [2.24, 2.45) is 0 Å². The molecule has 0 aliphatic carbocycles. The first-order valence-corrected chi connectivity index (χ1v) is 5.03. The second kappa shape index (κ2) is 3.51. The van der Waals surface area contributed by atoms with E-state index in [0.29, 0.717) is 12.2 Å². The maximum atomic E-state index is 5.38. The average Bonchev–Trinajstić information content (AvgIpc) is 2.83. The molecule has 70 valence electrons. The Labute approximate surface area is 79.7 Å². The summed E-state index contributed by atoms with van der Waals surface area (Å²) in [5.41, 5.74) is 2.81. The molecule has 2 unspecified atom stereocenters. The third kappa shape index (κ3) is 2.10. The molecule has 13 heavy (non-hydrogen) atoms. The molecule has 0 saturated carbocycles. The summed E-state index contributed by atoms with van der Waals surface area (Å²) >= 11 is 0. The van der Waals surface area contributed by atoms with Crippen LogP contribution in [-0.4, -0.2) is 12.2 Å². The number of hydrogen-bond acceptors (Lipinski definition) is 1. The Morgan fingerprint density at radius 3 is 2.15 bits per heavy atom. The van der Waals surface area contributed by atoms with E-state index in [-0.39, 0.29) is 0 Å². The Balaban J connectivity index is 1.97. The minimum absolute atomic E-state index is 0.478. The van der Waals surface area contributed by atoms with Crippen molar-refractivity contribution in [1.82, 2.24) is 0 Å². The van der Waals surface area contributed by atoms with Gasteiger partial charge in [-0.25, -0.2) is 0 Å². The topological polar surface area (TPSA) is 12.5 Å². The molecule has 1 aliphatic rings. The second-order valence-electron chi connectivity index (χ2n) is 3.75. The van der Waals surface area contributed by atoms with Crippen LogP contribution in [-0.2, 0) is 17.6 Å². The van der Waals surface area contributed by atoms with Crippen molar-refractivity contribution in [3.05, 3.63) is 35.4 Å². The molecule has 1 aromatic carbocycles. The van der Waals surface area contributed by atoms with Crippen molar-refractivity contribution < 1.29 is 4.74 Å². The van der Waals surface area contributed by atoms with E-state index in [2.05, 4.69) is 38.1 Å². The molecular weight excluding hydrogens is 160 g/mol. The minimum atomic E-state index is 0.478. The van der Waals surface area contributed by atoms with Crippen LogP contribution in [0.15, 0.2) is 24.3 Å². The van der Waals surface area contributed by atoms with E-state index < -0.39 is 0 Å². The number of epoxide rings is 1. The van der Waals surface area contributed by atoms with Crippen molar-refractivity contribution in [3.8, 4) is 0 Å². The number of ether oxygens (including phenoxy) is 1. The first kappa shape index (κ1) is 8.76. The van der Waals surface area contributed by atoms with Gasteiger partial charge in [0.2, 0.25) is 0 Å². The van der Waals surface area contributed by atoms with Gasteiger partial charge in [0.1, 0.15) is 0 Å². The summed E-state index contributed by atoms with van der Waals surface area (Å²) in [5, 5.41) is 0. The highest BCUT2D eigenvalue weighted by Gasteiger charge is 2.33. The number of aryl methyl sites for hydroxylation is 1. The van der Waals surface area contributed by atoms with Crippen molar-refractivity contribution in [2.45, 2.75) is 38.9 Å². The lowest BCUT2D eigenvalue weighted by Gasteiger charge is -1.99. The number of rotatable bonds is 3. The second-order valence-corrected chi connectivity index (χ2v) is 3.75. The quantitative estimate of drug-likeness (QED) is 0.645. The standard InChI is InChI=1S/C12H16O/c1-3-10-4-6-11(7-5-10)8-12-9(2)13-12/h4-7,9,12H,3,8H2,1-2H3. The first-order chi connectivity index (χ1) is 6.29.